The molecule has 0 amide bonds. The maximum atomic E-state index is 12.7. The van der Waals surface area contributed by atoms with Crippen molar-refractivity contribution in [2.45, 2.75) is 19.8 Å². The van der Waals surface area contributed by atoms with Crippen LogP contribution in [0.2, 0.25) is 5.02 Å². The van der Waals surface area contributed by atoms with E-state index in [-0.39, 0.29) is 10.6 Å². The molecule has 1 heterocycles. The zero-order chi connectivity index (χ0) is 18.7. The summed E-state index contributed by atoms with van der Waals surface area (Å²) in [5.74, 6) is -1.44. The minimum absolute atomic E-state index is 0.245. The van der Waals surface area contributed by atoms with Crippen molar-refractivity contribution in [3.8, 4) is 5.75 Å². The van der Waals surface area contributed by atoms with Gasteiger partial charge >= 0.3 is 11.9 Å². The van der Waals surface area contributed by atoms with E-state index in [0.29, 0.717) is 5.75 Å². The molecule has 134 valence electrons. The molecule has 7 heteroatoms. The van der Waals surface area contributed by atoms with E-state index in [1.807, 2.05) is 31.2 Å². The Morgan fingerprint density at radius 1 is 1.27 bits per heavy atom. The van der Waals surface area contributed by atoms with Gasteiger partial charge in [0.25, 0.3) is 0 Å². The van der Waals surface area contributed by atoms with Gasteiger partial charge in [0.2, 0.25) is 0 Å². The Labute approximate surface area is 164 Å². The second kappa shape index (κ2) is 7.51. The van der Waals surface area contributed by atoms with Crippen molar-refractivity contribution >= 4 is 33.5 Å². The predicted molar refractivity (Wildman–Crippen MR) is 102 cm³/mol. The van der Waals surface area contributed by atoms with Gasteiger partial charge in [0.05, 0.1) is 10.6 Å². The lowest BCUT2D eigenvalue weighted by Gasteiger charge is -2.31. The number of imidazole rings is 1. The summed E-state index contributed by atoms with van der Waals surface area (Å²) in [5, 5.41) is 0.285. The number of carbonyl (C=O) groups excluding carboxylic acids is 1. The Morgan fingerprint density at radius 2 is 2.04 bits per heavy atom. The number of para-hydroxylation sites is 1. The minimum Gasteiger partial charge on any atom is -0.435 e. The summed E-state index contributed by atoms with van der Waals surface area (Å²) in [6.45, 7) is 3.56. The molecule has 1 aromatic heterocycles. The van der Waals surface area contributed by atoms with Gasteiger partial charge in [-0.15, -0.1) is 0 Å². The highest BCUT2D eigenvalue weighted by molar-refractivity contribution is 9.10. The Bertz CT molecular complexity index is 930. The average Bonchev–Trinajstić information content (AvgIpc) is 3.12. The maximum absolute atomic E-state index is 12.7. The Kier molecular flexibility index (Phi) is 5.34. The molecule has 1 atom stereocenters. The molecule has 5 nitrogen and oxygen atoms in total. The van der Waals surface area contributed by atoms with Gasteiger partial charge in [0.1, 0.15) is 12.1 Å². The molecular formula is C19H16BrClN2O3. The molecule has 0 aliphatic rings. The van der Waals surface area contributed by atoms with Crippen LogP contribution in [-0.2, 0) is 10.6 Å². The zero-order valence-electron chi connectivity index (χ0n) is 14.1. The van der Waals surface area contributed by atoms with Crippen molar-refractivity contribution in [3.63, 3.8) is 0 Å². The summed E-state index contributed by atoms with van der Waals surface area (Å²) in [5.41, 5.74) is 1.16. The molecule has 0 aliphatic heterocycles. The topological polar surface area (TPSA) is 53.4 Å². The van der Waals surface area contributed by atoms with Crippen LogP contribution in [0.15, 0.2) is 65.7 Å². The van der Waals surface area contributed by atoms with Crippen LogP contribution in [0, 0.1) is 6.92 Å². The van der Waals surface area contributed by atoms with Crippen molar-refractivity contribution in [3.05, 3.63) is 81.8 Å². The molecule has 0 spiro atoms. The summed E-state index contributed by atoms with van der Waals surface area (Å²) in [7, 11) is 0. The summed E-state index contributed by atoms with van der Waals surface area (Å²) in [6, 6.07) is 12.4. The van der Waals surface area contributed by atoms with Gasteiger partial charge < -0.3 is 9.47 Å². The zero-order valence-corrected chi connectivity index (χ0v) is 16.5. The third-order valence-corrected chi connectivity index (χ3v) is 4.61. The first-order valence-corrected chi connectivity index (χ1v) is 8.97. The maximum Gasteiger partial charge on any atom is 0.344 e. The standard InChI is InChI=1S/C19H16BrClN2O3/c1-13-5-3-4-6-17(13)25-19(2,23-10-9-22-12-23)26-18(24)15-8-7-14(20)11-16(15)21/h3-12H,1-2H3. The first kappa shape index (κ1) is 18.5. The number of hydrogen-bond acceptors (Lipinski definition) is 4. The van der Waals surface area contributed by atoms with Crippen molar-refractivity contribution in [1.82, 2.24) is 9.55 Å². The first-order chi connectivity index (χ1) is 12.4. The number of aromatic nitrogens is 2. The van der Waals surface area contributed by atoms with Gasteiger partial charge in [-0.05, 0) is 36.8 Å². The smallest absolute Gasteiger partial charge is 0.344 e. The molecule has 0 aliphatic carbocycles. The van der Waals surface area contributed by atoms with Crippen LogP contribution >= 0.6 is 27.5 Å². The normalized spacial score (nSPS) is 13.1. The number of hydrogen-bond donors (Lipinski definition) is 0. The number of aryl methyl sites for hydroxylation is 1. The van der Waals surface area contributed by atoms with Crippen LogP contribution in [0.1, 0.15) is 22.8 Å². The Balaban J connectivity index is 1.94. The number of rotatable bonds is 5. The molecule has 3 rings (SSSR count). The van der Waals surface area contributed by atoms with Crippen molar-refractivity contribution in [2.75, 3.05) is 0 Å². The molecule has 1 unspecified atom stereocenters. The molecule has 3 aromatic rings. The molecular weight excluding hydrogens is 420 g/mol. The second-order valence-electron chi connectivity index (χ2n) is 5.75. The monoisotopic (exact) mass is 434 g/mol. The third kappa shape index (κ3) is 3.92. The van der Waals surface area contributed by atoms with Gasteiger partial charge in [0, 0.05) is 23.8 Å². The summed E-state index contributed by atoms with van der Waals surface area (Å²) in [6.07, 6.45) is 4.77. The van der Waals surface area contributed by atoms with Crippen LogP contribution in [-0.4, -0.2) is 15.5 Å². The molecule has 0 saturated heterocycles. The molecule has 2 aromatic carbocycles. The lowest BCUT2D eigenvalue weighted by atomic mass is 10.2. The van der Waals surface area contributed by atoms with Gasteiger partial charge in [-0.25, -0.2) is 9.78 Å². The van der Waals surface area contributed by atoms with E-state index in [1.54, 1.807) is 42.1 Å². The van der Waals surface area contributed by atoms with E-state index >= 15 is 0 Å². The molecule has 0 N–H and O–H groups in total. The van der Waals surface area contributed by atoms with Crippen LogP contribution < -0.4 is 4.74 Å². The lowest BCUT2D eigenvalue weighted by molar-refractivity contribution is -0.193. The van der Waals surface area contributed by atoms with Crippen LogP contribution in [0.4, 0.5) is 0 Å². The van der Waals surface area contributed by atoms with Crippen LogP contribution in [0.25, 0.3) is 0 Å². The number of benzene rings is 2. The summed E-state index contributed by atoms with van der Waals surface area (Å²) in [4.78, 5) is 16.7. The molecule has 26 heavy (non-hydrogen) atoms. The third-order valence-electron chi connectivity index (χ3n) is 3.80. The number of esters is 1. The minimum atomic E-state index is -1.43. The van der Waals surface area contributed by atoms with E-state index in [4.69, 9.17) is 21.1 Å². The summed E-state index contributed by atoms with van der Waals surface area (Å²) < 4.78 is 14.1. The van der Waals surface area contributed by atoms with Gasteiger partial charge in [-0.3, -0.25) is 4.57 Å². The highest BCUT2D eigenvalue weighted by Crippen LogP contribution is 2.29. The second-order valence-corrected chi connectivity index (χ2v) is 7.07. The predicted octanol–water partition coefficient (Wildman–Crippen LogP) is 5.17. The van der Waals surface area contributed by atoms with E-state index in [2.05, 4.69) is 20.9 Å². The van der Waals surface area contributed by atoms with Gasteiger partial charge in [0.15, 0.2) is 0 Å². The highest BCUT2D eigenvalue weighted by Gasteiger charge is 2.35. The summed E-state index contributed by atoms with van der Waals surface area (Å²) >= 11 is 9.49. The number of ether oxygens (including phenoxy) is 2. The van der Waals surface area contributed by atoms with Crippen molar-refractivity contribution in [1.29, 1.82) is 0 Å². The Morgan fingerprint density at radius 3 is 2.69 bits per heavy atom. The molecule has 0 fully saturated rings. The molecule has 0 radical (unpaired) electrons. The fourth-order valence-corrected chi connectivity index (χ4v) is 3.13. The number of carbonyl (C=O) groups is 1. The highest BCUT2D eigenvalue weighted by atomic mass is 79.9. The quantitative estimate of drug-likeness (QED) is 0.410. The van der Waals surface area contributed by atoms with Crippen molar-refractivity contribution in [2.24, 2.45) is 0 Å². The van der Waals surface area contributed by atoms with Crippen LogP contribution in [0.5, 0.6) is 5.75 Å². The first-order valence-electron chi connectivity index (χ1n) is 7.80. The molecule has 0 saturated carbocycles. The van der Waals surface area contributed by atoms with E-state index in [9.17, 15) is 4.79 Å². The average molecular weight is 436 g/mol. The van der Waals surface area contributed by atoms with Crippen molar-refractivity contribution < 1.29 is 14.3 Å². The van der Waals surface area contributed by atoms with E-state index in [0.717, 1.165) is 10.0 Å². The lowest BCUT2D eigenvalue weighted by Crippen LogP contribution is -2.41. The fraction of sp³-hybridized carbons (Fsp3) is 0.158. The van der Waals surface area contributed by atoms with Gasteiger partial charge in [-0.2, -0.15) is 0 Å². The number of nitrogens with zero attached hydrogens (tertiary/aromatic N) is 2. The van der Waals surface area contributed by atoms with E-state index in [1.165, 1.54) is 6.33 Å². The van der Waals surface area contributed by atoms with Gasteiger partial charge in [-0.1, -0.05) is 45.7 Å². The molecule has 0 bridgehead atoms. The fourth-order valence-electron chi connectivity index (χ4n) is 2.38. The number of halogens is 2. The van der Waals surface area contributed by atoms with Crippen LogP contribution in [0.3, 0.4) is 0 Å². The SMILES string of the molecule is Cc1ccccc1OC(C)(OC(=O)c1ccc(Br)cc1Cl)n1ccnc1. The Hall–Kier alpha value is -2.31. The van der Waals surface area contributed by atoms with E-state index < -0.39 is 11.9 Å². The largest absolute Gasteiger partial charge is 0.435 e.